The van der Waals surface area contributed by atoms with E-state index in [4.69, 9.17) is 9.47 Å². The summed E-state index contributed by atoms with van der Waals surface area (Å²) < 4.78 is 11.1. The Morgan fingerprint density at radius 3 is 2.33 bits per heavy atom. The Labute approximate surface area is 93.7 Å². The predicted molar refractivity (Wildman–Crippen MR) is 61.9 cm³/mol. The molecule has 1 atom stereocenters. The molecule has 90 valence electrons. The first-order valence-corrected chi connectivity index (χ1v) is 6.25. The van der Waals surface area contributed by atoms with E-state index >= 15 is 0 Å². The summed E-state index contributed by atoms with van der Waals surface area (Å²) in [6, 6.07) is 0. The maximum atomic E-state index is 5.55. The van der Waals surface area contributed by atoms with Crippen LogP contribution in [0.25, 0.3) is 0 Å². The lowest BCUT2D eigenvalue weighted by Gasteiger charge is -2.23. The highest BCUT2D eigenvalue weighted by atomic mass is 16.7. The fourth-order valence-corrected chi connectivity index (χ4v) is 2.15. The van der Waals surface area contributed by atoms with Gasteiger partial charge in [-0.05, 0) is 32.7 Å². The van der Waals surface area contributed by atoms with Crippen LogP contribution in [0.5, 0.6) is 0 Å². The second-order valence-electron chi connectivity index (χ2n) is 4.16. The minimum absolute atomic E-state index is 0.0318. The van der Waals surface area contributed by atoms with Gasteiger partial charge < -0.3 is 9.47 Å². The molecule has 3 nitrogen and oxygen atoms in total. The summed E-state index contributed by atoms with van der Waals surface area (Å²) >= 11 is 0. The van der Waals surface area contributed by atoms with Crippen LogP contribution in [0.15, 0.2) is 0 Å². The molecule has 0 spiro atoms. The smallest absolute Gasteiger partial charge is 0.170 e. The molecule has 0 bridgehead atoms. The molecule has 0 aromatic carbocycles. The van der Waals surface area contributed by atoms with Gasteiger partial charge in [0.25, 0.3) is 0 Å². The number of hydrogen-bond acceptors (Lipinski definition) is 3. The quantitative estimate of drug-likeness (QED) is 0.607. The standard InChI is InChI=1S/C12H25NO2/c1-4-11-7-8-13(9-11)10-12(14-5-2)15-6-3/h11-12H,4-10H2,1-3H3. The van der Waals surface area contributed by atoms with Crippen LogP contribution < -0.4 is 0 Å². The minimum Gasteiger partial charge on any atom is -0.352 e. The van der Waals surface area contributed by atoms with Crippen molar-refractivity contribution in [2.24, 2.45) is 5.92 Å². The zero-order chi connectivity index (χ0) is 11.1. The Morgan fingerprint density at radius 1 is 1.20 bits per heavy atom. The van der Waals surface area contributed by atoms with Gasteiger partial charge in [-0.1, -0.05) is 13.3 Å². The van der Waals surface area contributed by atoms with Crippen molar-refractivity contribution in [1.82, 2.24) is 4.90 Å². The first-order chi connectivity index (χ1) is 7.30. The highest BCUT2D eigenvalue weighted by Crippen LogP contribution is 2.19. The topological polar surface area (TPSA) is 21.7 Å². The van der Waals surface area contributed by atoms with Crippen molar-refractivity contribution >= 4 is 0 Å². The summed E-state index contributed by atoms with van der Waals surface area (Å²) in [4.78, 5) is 2.46. The lowest BCUT2D eigenvalue weighted by molar-refractivity contribution is -0.145. The zero-order valence-electron chi connectivity index (χ0n) is 10.4. The number of hydrogen-bond donors (Lipinski definition) is 0. The number of ether oxygens (including phenoxy) is 2. The monoisotopic (exact) mass is 215 g/mol. The van der Waals surface area contributed by atoms with Gasteiger partial charge in [-0.3, -0.25) is 4.90 Å². The van der Waals surface area contributed by atoms with Gasteiger partial charge in [0.05, 0.1) is 0 Å². The van der Waals surface area contributed by atoms with E-state index in [9.17, 15) is 0 Å². The van der Waals surface area contributed by atoms with Gasteiger partial charge in [0.15, 0.2) is 6.29 Å². The fourth-order valence-electron chi connectivity index (χ4n) is 2.15. The van der Waals surface area contributed by atoms with Gasteiger partial charge >= 0.3 is 0 Å². The van der Waals surface area contributed by atoms with E-state index in [0.717, 1.165) is 25.7 Å². The van der Waals surface area contributed by atoms with E-state index in [-0.39, 0.29) is 6.29 Å². The predicted octanol–water partition coefficient (Wildman–Crippen LogP) is 2.12. The molecule has 1 rings (SSSR count). The molecule has 3 heteroatoms. The van der Waals surface area contributed by atoms with Crippen molar-refractivity contribution in [1.29, 1.82) is 0 Å². The Hall–Kier alpha value is -0.120. The van der Waals surface area contributed by atoms with Crippen LogP contribution >= 0.6 is 0 Å². The van der Waals surface area contributed by atoms with Crippen molar-refractivity contribution in [3.05, 3.63) is 0 Å². The first-order valence-electron chi connectivity index (χ1n) is 6.25. The molecule has 1 saturated heterocycles. The molecular weight excluding hydrogens is 190 g/mol. The van der Waals surface area contributed by atoms with Crippen LogP contribution in [0.4, 0.5) is 0 Å². The van der Waals surface area contributed by atoms with Gasteiger partial charge in [-0.15, -0.1) is 0 Å². The molecule has 0 amide bonds. The van der Waals surface area contributed by atoms with E-state index in [1.165, 1.54) is 25.9 Å². The van der Waals surface area contributed by atoms with E-state index in [0.29, 0.717) is 0 Å². The molecule has 1 aliphatic heterocycles. The van der Waals surface area contributed by atoms with Gasteiger partial charge in [0.2, 0.25) is 0 Å². The van der Waals surface area contributed by atoms with Crippen LogP contribution in [0.3, 0.4) is 0 Å². The SMILES string of the molecule is CCOC(CN1CCC(CC)C1)OCC. The van der Waals surface area contributed by atoms with Crippen molar-refractivity contribution in [2.45, 2.75) is 39.9 Å². The number of nitrogens with zero attached hydrogens (tertiary/aromatic N) is 1. The minimum atomic E-state index is -0.0318. The second-order valence-corrected chi connectivity index (χ2v) is 4.16. The van der Waals surface area contributed by atoms with E-state index in [2.05, 4.69) is 11.8 Å². The van der Waals surface area contributed by atoms with Crippen LogP contribution in [-0.2, 0) is 9.47 Å². The third-order valence-electron chi connectivity index (χ3n) is 3.06. The van der Waals surface area contributed by atoms with Crippen LogP contribution in [0, 0.1) is 5.92 Å². The van der Waals surface area contributed by atoms with Crippen LogP contribution in [-0.4, -0.2) is 44.0 Å². The summed E-state index contributed by atoms with van der Waals surface area (Å²) in [6.07, 6.45) is 2.60. The largest absolute Gasteiger partial charge is 0.352 e. The highest BCUT2D eigenvalue weighted by Gasteiger charge is 2.23. The van der Waals surface area contributed by atoms with Crippen molar-refractivity contribution in [2.75, 3.05) is 32.8 Å². The van der Waals surface area contributed by atoms with Crippen molar-refractivity contribution in [3.8, 4) is 0 Å². The zero-order valence-corrected chi connectivity index (χ0v) is 10.4. The molecular formula is C12H25NO2. The van der Waals surface area contributed by atoms with Gasteiger partial charge in [0.1, 0.15) is 0 Å². The molecule has 15 heavy (non-hydrogen) atoms. The summed E-state index contributed by atoms with van der Waals surface area (Å²) in [5, 5.41) is 0. The molecule has 1 unspecified atom stereocenters. The van der Waals surface area contributed by atoms with E-state index < -0.39 is 0 Å². The average Bonchev–Trinajstić information content (AvgIpc) is 2.66. The first kappa shape index (κ1) is 12.9. The Kier molecular flexibility index (Phi) is 6.22. The Balaban J connectivity index is 2.25. The normalized spacial score (nSPS) is 22.8. The molecule has 1 aliphatic rings. The molecule has 0 N–H and O–H groups in total. The summed E-state index contributed by atoms with van der Waals surface area (Å²) in [7, 11) is 0. The van der Waals surface area contributed by atoms with E-state index in [1.54, 1.807) is 0 Å². The maximum absolute atomic E-state index is 5.55. The molecule has 0 aliphatic carbocycles. The lowest BCUT2D eigenvalue weighted by atomic mass is 10.1. The lowest BCUT2D eigenvalue weighted by Crippen LogP contribution is -2.34. The second kappa shape index (κ2) is 7.20. The van der Waals surface area contributed by atoms with Gasteiger partial charge in [-0.2, -0.15) is 0 Å². The number of likely N-dealkylation sites (tertiary alicyclic amines) is 1. The van der Waals surface area contributed by atoms with Crippen molar-refractivity contribution in [3.63, 3.8) is 0 Å². The summed E-state index contributed by atoms with van der Waals surface area (Å²) in [6.45, 7) is 11.1. The van der Waals surface area contributed by atoms with E-state index in [1.807, 2.05) is 13.8 Å². The highest BCUT2D eigenvalue weighted by molar-refractivity contribution is 4.75. The third-order valence-corrected chi connectivity index (χ3v) is 3.06. The summed E-state index contributed by atoms with van der Waals surface area (Å²) in [5.41, 5.74) is 0. The van der Waals surface area contributed by atoms with Gasteiger partial charge in [-0.25, -0.2) is 0 Å². The average molecular weight is 215 g/mol. The molecule has 0 aromatic rings. The Morgan fingerprint density at radius 2 is 1.87 bits per heavy atom. The molecule has 1 heterocycles. The van der Waals surface area contributed by atoms with Gasteiger partial charge in [0, 0.05) is 26.3 Å². The molecule has 0 aromatic heterocycles. The van der Waals surface area contributed by atoms with Crippen LogP contribution in [0.1, 0.15) is 33.6 Å². The molecule has 0 radical (unpaired) electrons. The maximum Gasteiger partial charge on any atom is 0.170 e. The Bertz CT molecular complexity index is 158. The molecule has 1 fully saturated rings. The third kappa shape index (κ3) is 4.49. The van der Waals surface area contributed by atoms with Crippen LogP contribution in [0.2, 0.25) is 0 Å². The summed E-state index contributed by atoms with van der Waals surface area (Å²) in [5.74, 6) is 0.883. The molecule has 0 saturated carbocycles. The fraction of sp³-hybridized carbons (Fsp3) is 1.00. The van der Waals surface area contributed by atoms with Crippen molar-refractivity contribution < 1.29 is 9.47 Å². The number of rotatable bonds is 7.